The number of pyridine rings is 1. The first-order chi connectivity index (χ1) is 11.2. The first-order valence-electron chi connectivity index (χ1n) is 8.03. The average molecular weight is 313 g/mol. The Labute approximate surface area is 137 Å². The van der Waals surface area contributed by atoms with Gasteiger partial charge in [-0.2, -0.15) is 0 Å². The molecule has 0 spiro atoms. The molecule has 0 aliphatic heterocycles. The van der Waals surface area contributed by atoms with E-state index in [4.69, 9.17) is 9.47 Å². The molecule has 1 heterocycles. The fourth-order valence-electron chi connectivity index (χ4n) is 2.08. The predicted octanol–water partition coefficient (Wildman–Crippen LogP) is 4.89. The third kappa shape index (κ3) is 5.74. The number of aldehydes is 1. The van der Waals surface area contributed by atoms with Crippen molar-refractivity contribution in [1.29, 1.82) is 0 Å². The summed E-state index contributed by atoms with van der Waals surface area (Å²) in [5, 5.41) is 0. The van der Waals surface area contributed by atoms with Gasteiger partial charge in [0.25, 0.3) is 0 Å². The molecule has 0 fully saturated rings. The number of benzene rings is 1. The molecule has 1 aromatic heterocycles. The van der Waals surface area contributed by atoms with Crippen LogP contribution in [0, 0.1) is 5.92 Å². The van der Waals surface area contributed by atoms with Crippen molar-refractivity contribution >= 4 is 6.29 Å². The molecule has 0 saturated heterocycles. The monoisotopic (exact) mass is 313 g/mol. The highest BCUT2D eigenvalue weighted by Gasteiger charge is 2.02. The smallest absolute Gasteiger partial charge is 0.213 e. The molecule has 1 unspecified atom stereocenters. The van der Waals surface area contributed by atoms with Crippen molar-refractivity contribution in [1.82, 2.24) is 4.98 Å². The van der Waals surface area contributed by atoms with Crippen molar-refractivity contribution in [2.24, 2.45) is 5.92 Å². The van der Waals surface area contributed by atoms with Crippen molar-refractivity contribution in [2.45, 2.75) is 33.1 Å². The van der Waals surface area contributed by atoms with E-state index in [0.717, 1.165) is 18.6 Å². The first kappa shape index (κ1) is 17.0. The van der Waals surface area contributed by atoms with Crippen LogP contribution in [0.2, 0.25) is 0 Å². The Balaban J connectivity index is 1.80. The lowest BCUT2D eigenvalue weighted by atomic mass is 10.0. The van der Waals surface area contributed by atoms with Crippen LogP contribution in [0.1, 0.15) is 43.5 Å². The molecule has 0 N–H and O–H groups in total. The Morgan fingerprint density at radius 2 is 1.87 bits per heavy atom. The minimum absolute atomic E-state index is 0.609. The lowest BCUT2D eigenvalue weighted by Crippen LogP contribution is -2.02. The molecular weight excluding hydrogens is 290 g/mol. The van der Waals surface area contributed by atoms with Crippen molar-refractivity contribution in [3.05, 3.63) is 48.2 Å². The molecule has 0 bridgehead atoms. The number of carbonyl (C=O) groups excluding carboxylic acids is 1. The van der Waals surface area contributed by atoms with Crippen LogP contribution in [0.3, 0.4) is 0 Å². The van der Waals surface area contributed by atoms with E-state index in [1.54, 1.807) is 36.5 Å². The summed E-state index contributed by atoms with van der Waals surface area (Å²) in [7, 11) is 0. The van der Waals surface area contributed by atoms with Gasteiger partial charge in [-0.3, -0.25) is 4.79 Å². The van der Waals surface area contributed by atoms with Crippen LogP contribution in [0.15, 0.2) is 42.6 Å². The molecule has 0 saturated carbocycles. The van der Waals surface area contributed by atoms with E-state index >= 15 is 0 Å². The van der Waals surface area contributed by atoms with E-state index < -0.39 is 0 Å². The quantitative estimate of drug-likeness (QED) is 0.488. The summed E-state index contributed by atoms with van der Waals surface area (Å²) >= 11 is 0. The summed E-state index contributed by atoms with van der Waals surface area (Å²) in [5.74, 6) is 2.65. The molecule has 4 nitrogen and oxygen atoms in total. The molecule has 0 amide bonds. The minimum Gasteiger partial charge on any atom is -0.478 e. The van der Waals surface area contributed by atoms with Gasteiger partial charge in [-0.25, -0.2) is 4.98 Å². The molecule has 122 valence electrons. The maximum absolute atomic E-state index is 10.6. The number of hydrogen-bond donors (Lipinski definition) is 0. The van der Waals surface area contributed by atoms with Crippen LogP contribution >= 0.6 is 0 Å². The van der Waals surface area contributed by atoms with Crippen LogP contribution in [0.5, 0.6) is 17.4 Å². The summed E-state index contributed by atoms with van der Waals surface area (Å²) < 4.78 is 11.3. The van der Waals surface area contributed by atoms with E-state index in [-0.39, 0.29) is 0 Å². The maximum Gasteiger partial charge on any atom is 0.213 e. The highest BCUT2D eigenvalue weighted by atomic mass is 16.5. The van der Waals surface area contributed by atoms with Crippen molar-refractivity contribution in [3.63, 3.8) is 0 Å². The first-order valence-corrected chi connectivity index (χ1v) is 8.03. The molecule has 2 rings (SSSR count). The highest BCUT2D eigenvalue weighted by Crippen LogP contribution is 2.22. The van der Waals surface area contributed by atoms with Gasteiger partial charge in [0.2, 0.25) is 5.88 Å². The lowest BCUT2D eigenvalue weighted by molar-refractivity contribution is 0.112. The van der Waals surface area contributed by atoms with Gasteiger partial charge in [-0.05, 0) is 49.1 Å². The highest BCUT2D eigenvalue weighted by molar-refractivity contribution is 5.74. The third-order valence-electron chi connectivity index (χ3n) is 3.75. The number of aromatic nitrogens is 1. The maximum atomic E-state index is 10.6. The second kappa shape index (κ2) is 8.93. The zero-order valence-corrected chi connectivity index (χ0v) is 13.7. The molecule has 0 aliphatic carbocycles. The van der Waals surface area contributed by atoms with Crippen LogP contribution in [0.4, 0.5) is 0 Å². The second-order valence-electron chi connectivity index (χ2n) is 5.63. The molecular formula is C19H23NO3. The Morgan fingerprint density at radius 3 is 2.48 bits per heavy atom. The van der Waals surface area contributed by atoms with Gasteiger partial charge in [0.1, 0.15) is 17.8 Å². The van der Waals surface area contributed by atoms with Crippen molar-refractivity contribution in [2.75, 3.05) is 6.61 Å². The molecule has 0 aliphatic rings. The summed E-state index contributed by atoms with van der Waals surface area (Å²) in [6.45, 7) is 5.15. The zero-order valence-electron chi connectivity index (χ0n) is 13.7. The predicted molar refractivity (Wildman–Crippen MR) is 90.3 cm³/mol. The van der Waals surface area contributed by atoms with Gasteiger partial charge < -0.3 is 9.47 Å². The number of hydrogen-bond acceptors (Lipinski definition) is 4. The average Bonchev–Trinajstić information content (AvgIpc) is 2.60. The van der Waals surface area contributed by atoms with Gasteiger partial charge in [-0.15, -0.1) is 0 Å². The Morgan fingerprint density at radius 1 is 1.13 bits per heavy atom. The fraction of sp³-hybridized carbons (Fsp3) is 0.368. The molecule has 1 aromatic carbocycles. The molecule has 1 atom stereocenters. The summed E-state index contributed by atoms with van der Waals surface area (Å²) in [5.41, 5.74) is 0.622. The minimum atomic E-state index is 0.609. The Hall–Kier alpha value is -2.36. The Kier molecular flexibility index (Phi) is 6.60. The molecule has 4 heteroatoms. The number of carbonyl (C=O) groups is 1. The van der Waals surface area contributed by atoms with Crippen LogP contribution in [0.25, 0.3) is 0 Å². The largest absolute Gasteiger partial charge is 0.478 e. The van der Waals surface area contributed by atoms with E-state index in [1.807, 2.05) is 6.07 Å². The van der Waals surface area contributed by atoms with Crippen molar-refractivity contribution < 1.29 is 14.3 Å². The second-order valence-corrected chi connectivity index (χ2v) is 5.63. The molecule has 23 heavy (non-hydrogen) atoms. The van der Waals surface area contributed by atoms with E-state index in [0.29, 0.717) is 29.5 Å². The van der Waals surface area contributed by atoms with Crippen LogP contribution in [-0.4, -0.2) is 17.9 Å². The van der Waals surface area contributed by atoms with Gasteiger partial charge in [-0.1, -0.05) is 20.3 Å². The van der Waals surface area contributed by atoms with Crippen LogP contribution < -0.4 is 9.47 Å². The fourth-order valence-corrected chi connectivity index (χ4v) is 2.08. The summed E-state index contributed by atoms with van der Waals surface area (Å²) in [6.07, 6.45) is 5.86. The van der Waals surface area contributed by atoms with Crippen molar-refractivity contribution in [3.8, 4) is 17.4 Å². The number of ether oxygens (including phenoxy) is 2. The standard InChI is InChI=1S/C19H23NO3/c1-3-15(2)5-4-12-22-19-11-10-18(13-20-19)23-17-8-6-16(14-21)7-9-17/h6-11,13-15H,3-5,12H2,1-2H3. The Bertz CT molecular complexity index is 593. The third-order valence-corrected chi connectivity index (χ3v) is 3.75. The lowest BCUT2D eigenvalue weighted by Gasteiger charge is -2.09. The van der Waals surface area contributed by atoms with Gasteiger partial charge >= 0.3 is 0 Å². The topological polar surface area (TPSA) is 48.4 Å². The zero-order chi connectivity index (χ0) is 16.5. The normalized spacial score (nSPS) is 11.7. The molecule has 0 radical (unpaired) electrons. The summed E-state index contributed by atoms with van der Waals surface area (Å²) in [6, 6.07) is 10.6. The summed E-state index contributed by atoms with van der Waals surface area (Å²) in [4.78, 5) is 14.9. The van der Waals surface area contributed by atoms with E-state index in [2.05, 4.69) is 18.8 Å². The SMILES string of the molecule is CCC(C)CCCOc1ccc(Oc2ccc(C=O)cc2)cn1. The van der Waals surface area contributed by atoms with Gasteiger partial charge in [0.05, 0.1) is 12.8 Å². The van der Waals surface area contributed by atoms with E-state index in [9.17, 15) is 4.79 Å². The number of rotatable bonds is 9. The van der Waals surface area contributed by atoms with Gasteiger partial charge in [0, 0.05) is 11.6 Å². The molecule has 2 aromatic rings. The van der Waals surface area contributed by atoms with Crippen LogP contribution in [-0.2, 0) is 0 Å². The van der Waals surface area contributed by atoms with E-state index in [1.165, 1.54) is 12.8 Å². The number of nitrogens with zero attached hydrogens (tertiary/aromatic N) is 1. The van der Waals surface area contributed by atoms with Gasteiger partial charge in [0.15, 0.2) is 0 Å².